The van der Waals surface area contributed by atoms with E-state index < -0.39 is 17.2 Å². The van der Waals surface area contributed by atoms with Crippen LogP contribution in [0.5, 0.6) is 5.75 Å². The number of halogens is 2. The van der Waals surface area contributed by atoms with Crippen molar-refractivity contribution in [3.8, 4) is 5.75 Å². The third kappa shape index (κ3) is 2.93. The van der Waals surface area contributed by atoms with Gasteiger partial charge in [-0.1, -0.05) is 12.1 Å². The van der Waals surface area contributed by atoms with Crippen LogP contribution in [0.15, 0.2) is 36.7 Å². The molecular formula is C15H15F2NO2. The molecule has 0 spiro atoms. The van der Waals surface area contributed by atoms with Gasteiger partial charge in [-0.2, -0.15) is 0 Å². The van der Waals surface area contributed by atoms with E-state index in [9.17, 15) is 13.9 Å². The fraction of sp³-hybridized carbons (Fsp3) is 0.267. The molecular weight excluding hydrogens is 264 g/mol. The molecule has 1 atom stereocenters. The number of hydrogen-bond donors (Lipinski definition) is 1. The average Bonchev–Trinajstić information content (AvgIpc) is 2.41. The molecule has 2 rings (SSSR count). The molecule has 1 N–H and O–H groups in total. The molecule has 0 radical (unpaired) electrons. The number of aliphatic hydroxyl groups is 1. The van der Waals surface area contributed by atoms with E-state index in [1.165, 1.54) is 32.4 Å². The third-order valence-corrected chi connectivity index (χ3v) is 3.12. The van der Waals surface area contributed by atoms with Gasteiger partial charge < -0.3 is 9.84 Å². The van der Waals surface area contributed by atoms with Gasteiger partial charge in [-0.15, -0.1) is 0 Å². The zero-order valence-corrected chi connectivity index (χ0v) is 11.2. The van der Waals surface area contributed by atoms with Crippen LogP contribution in [0.3, 0.4) is 0 Å². The summed E-state index contributed by atoms with van der Waals surface area (Å²) in [7, 11) is 1.37. The summed E-state index contributed by atoms with van der Waals surface area (Å²) in [6.45, 7) is 1.49. The largest absolute Gasteiger partial charge is 0.494 e. The third-order valence-electron chi connectivity index (χ3n) is 3.12. The lowest BCUT2D eigenvalue weighted by Crippen LogP contribution is -2.25. The number of pyridine rings is 1. The Morgan fingerprint density at radius 3 is 2.70 bits per heavy atom. The zero-order chi connectivity index (χ0) is 14.8. The second-order valence-electron chi connectivity index (χ2n) is 4.78. The van der Waals surface area contributed by atoms with Crippen molar-refractivity contribution in [2.45, 2.75) is 18.9 Å². The van der Waals surface area contributed by atoms with E-state index in [2.05, 4.69) is 4.98 Å². The highest BCUT2D eigenvalue weighted by atomic mass is 19.1. The number of nitrogens with zero attached hydrogens (tertiary/aromatic N) is 1. The van der Waals surface area contributed by atoms with Gasteiger partial charge in [-0.05, 0) is 24.6 Å². The van der Waals surface area contributed by atoms with Gasteiger partial charge in [0.05, 0.1) is 18.9 Å². The Balaban J connectivity index is 2.33. The zero-order valence-electron chi connectivity index (χ0n) is 11.2. The highest BCUT2D eigenvalue weighted by molar-refractivity contribution is 5.33. The molecule has 2 aromatic rings. The predicted octanol–water partition coefficient (Wildman–Crippen LogP) is 2.82. The maximum Gasteiger partial charge on any atom is 0.168 e. The van der Waals surface area contributed by atoms with E-state index in [-0.39, 0.29) is 12.2 Å². The number of hydrogen-bond acceptors (Lipinski definition) is 3. The Morgan fingerprint density at radius 2 is 2.05 bits per heavy atom. The summed E-state index contributed by atoms with van der Waals surface area (Å²) < 4.78 is 32.1. The molecule has 0 fully saturated rings. The van der Waals surface area contributed by atoms with E-state index >= 15 is 0 Å². The van der Waals surface area contributed by atoms with E-state index in [0.717, 1.165) is 6.20 Å². The van der Waals surface area contributed by atoms with Crippen molar-refractivity contribution in [3.63, 3.8) is 0 Å². The number of benzene rings is 1. The molecule has 1 unspecified atom stereocenters. The van der Waals surface area contributed by atoms with E-state index in [1.54, 1.807) is 12.1 Å². The first-order valence-corrected chi connectivity index (χ1v) is 6.09. The first kappa shape index (κ1) is 14.4. The Bertz CT molecular complexity index is 615. The standard InChI is InChI=1S/C15H15F2NO2/c1-15(19,11-6-12(16)9-18-8-11)7-10-4-3-5-13(20-2)14(10)17/h3-6,8-9,19H,7H2,1-2H3. The van der Waals surface area contributed by atoms with Crippen LogP contribution >= 0.6 is 0 Å². The second kappa shape index (κ2) is 5.54. The molecule has 1 heterocycles. The van der Waals surface area contributed by atoms with E-state index in [0.29, 0.717) is 11.1 Å². The Labute approximate surface area is 115 Å². The highest BCUT2D eigenvalue weighted by Gasteiger charge is 2.26. The van der Waals surface area contributed by atoms with Crippen molar-refractivity contribution in [2.75, 3.05) is 7.11 Å². The summed E-state index contributed by atoms with van der Waals surface area (Å²) in [6, 6.07) is 5.87. The summed E-state index contributed by atoms with van der Waals surface area (Å²) in [6.07, 6.45) is 2.40. The molecule has 0 saturated carbocycles. The van der Waals surface area contributed by atoms with E-state index in [4.69, 9.17) is 4.74 Å². The smallest absolute Gasteiger partial charge is 0.168 e. The lowest BCUT2D eigenvalue weighted by Gasteiger charge is -2.24. The monoisotopic (exact) mass is 279 g/mol. The molecule has 1 aromatic heterocycles. The molecule has 0 aliphatic heterocycles. The van der Waals surface area contributed by atoms with Gasteiger partial charge in [-0.3, -0.25) is 4.98 Å². The first-order chi connectivity index (χ1) is 9.44. The molecule has 0 bridgehead atoms. The van der Waals surface area contributed by atoms with Gasteiger partial charge >= 0.3 is 0 Å². The van der Waals surface area contributed by atoms with Crippen LogP contribution in [0.4, 0.5) is 8.78 Å². The van der Waals surface area contributed by atoms with Crippen LogP contribution < -0.4 is 4.74 Å². The lowest BCUT2D eigenvalue weighted by molar-refractivity contribution is 0.0558. The molecule has 0 aliphatic rings. The summed E-state index contributed by atoms with van der Waals surface area (Å²) in [5.74, 6) is -0.968. The summed E-state index contributed by atoms with van der Waals surface area (Å²) in [5, 5.41) is 10.4. The molecule has 3 nitrogen and oxygen atoms in total. The van der Waals surface area contributed by atoms with Crippen molar-refractivity contribution in [2.24, 2.45) is 0 Å². The fourth-order valence-corrected chi connectivity index (χ4v) is 2.03. The fourth-order valence-electron chi connectivity index (χ4n) is 2.03. The van der Waals surface area contributed by atoms with Crippen LogP contribution in [0, 0.1) is 11.6 Å². The minimum Gasteiger partial charge on any atom is -0.494 e. The minimum atomic E-state index is -1.43. The quantitative estimate of drug-likeness (QED) is 0.935. The van der Waals surface area contributed by atoms with E-state index in [1.807, 2.05) is 0 Å². The summed E-state index contributed by atoms with van der Waals surface area (Å²) >= 11 is 0. The van der Waals surface area contributed by atoms with Crippen molar-refractivity contribution in [3.05, 3.63) is 59.4 Å². The van der Waals surface area contributed by atoms with Crippen molar-refractivity contribution in [1.29, 1.82) is 0 Å². The van der Waals surface area contributed by atoms with Crippen molar-refractivity contribution >= 4 is 0 Å². The van der Waals surface area contributed by atoms with Crippen LogP contribution in [-0.4, -0.2) is 17.2 Å². The maximum atomic E-state index is 14.1. The SMILES string of the molecule is COc1cccc(CC(C)(O)c2cncc(F)c2)c1F. The van der Waals surface area contributed by atoms with Crippen molar-refractivity contribution < 1.29 is 18.6 Å². The van der Waals surface area contributed by atoms with Gasteiger partial charge in [-0.25, -0.2) is 8.78 Å². The molecule has 1 aromatic carbocycles. The molecule has 0 aliphatic carbocycles. The molecule has 106 valence electrons. The summed E-state index contributed by atoms with van der Waals surface area (Å²) in [4.78, 5) is 3.69. The predicted molar refractivity (Wildman–Crippen MR) is 70.4 cm³/mol. The normalized spacial score (nSPS) is 13.8. The average molecular weight is 279 g/mol. The Morgan fingerprint density at radius 1 is 1.30 bits per heavy atom. The Hall–Kier alpha value is -2.01. The van der Waals surface area contributed by atoms with Crippen LogP contribution in [0.25, 0.3) is 0 Å². The minimum absolute atomic E-state index is 0.0127. The second-order valence-corrected chi connectivity index (χ2v) is 4.78. The summed E-state index contributed by atoms with van der Waals surface area (Å²) in [5.41, 5.74) is -0.846. The van der Waals surface area contributed by atoms with Crippen LogP contribution in [-0.2, 0) is 12.0 Å². The molecule has 0 amide bonds. The Kier molecular flexibility index (Phi) is 3.99. The van der Waals surface area contributed by atoms with Gasteiger partial charge in [0.25, 0.3) is 0 Å². The highest BCUT2D eigenvalue weighted by Crippen LogP contribution is 2.29. The molecule has 5 heteroatoms. The van der Waals surface area contributed by atoms with Gasteiger partial charge in [0, 0.05) is 18.2 Å². The number of aromatic nitrogens is 1. The number of methoxy groups -OCH3 is 1. The first-order valence-electron chi connectivity index (χ1n) is 6.09. The molecule has 20 heavy (non-hydrogen) atoms. The van der Waals surface area contributed by atoms with Crippen molar-refractivity contribution in [1.82, 2.24) is 4.98 Å². The number of rotatable bonds is 4. The number of ether oxygens (including phenoxy) is 1. The van der Waals surface area contributed by atoms with Gasteiger partial charge in [0.2, 0.25) is 0 Å². The maximum absolute atomic E-state index is 14.1. The lowest BCUT2D eigenvalue weighted by atomic mass is 9.90. The van der Waals surface area contributed by atoms with Crippen LogP contribution in [0.2, 0.25) is 0 Å². The van der Waals surface area contributed by atoms with Gasteiger partial charge in [0.15, 0.2) is 11.6 Å². The van der Waals surface area contributed by atoms with Crippen LogP contribution in [0.1, 0.15) is 18.1 Å². The van der Waals surface area contributed by atoms with Gasteiger partial charge in [0.1, 0.15) is 5.82 Å². The molecule has 0 saturated heterocycles. The topological polar surface area (TPSA) is 42.4 Å².